The van der Waals surface area contributed by atoms with Crippen LogP contribution in [0.3, 0.4) is 0 Å². The van der Waals surface area contributed by atoms with Crippen LogP contribution < -0.4 is 4.72 Å². The number of amides is 1. The Labute approximate surface area is 175 Å². The molecule has 0 spiro atoms. The summed E-state index contributed by atoms with van der Waals surface area (Å²) in [7, 11) is -4.00. The highest BCUT2D eigenvalue weighted by molar-refractivity contribution is 7.89. The van der Waals surface area contributed by atoms with Crippen LogP contribution in [-0.4, -0.2) is 55.5 Å². The number of aliphatic hydroxyl groups is 1. The Morgan fingerprint density at radius 3 is 2.37 bits per heavy atom. The van der Waals surface area contributed by atoms with Crippen LogP contribution in [0, 0.1) is 0 Å². The minimum Gasteiger partial charge on any atom is -0.459 e. The number of esters is 1. The molecule has 1 fully saturated rings. The molecule has 0 aromatic heterocycles. The van der Waals surface area contributed by atoms with E-state index in [-0.39, 0.29) is 18.0 Å². The third-order valence-corrected chi connectivity index (χ3v) is 6.35. The summed E-state index contributed by atoms with van der Waals surface area (Å²) in [6.07, 6.45) is 1.00. The van der Waals surface area contributed by atoms with Crippen molar-refractivity contribution in [2.45, 2.75) is 36.4 Å². The summed E-state index contributed by atoms with van der Waals surface area (Å²) >= 11 is 0. The lowest BCUT2D eigenvalue weighted by molar-refractivity contribution is -0.155. The van der Waals surface area contributed by atoms with Crippen LogP contribution in [0.5, 0.6) is 0 Å². The van der Waals surface area contributed by atoms with Crippen molar-refractivity contribution in [2.75, 3.05) is 13.2 Å². The lowest BCUT2D eigenvalue weighted by Crippen LogP contribution is -2.53. The molecule has 2 aromatic carbocycles. The van der Waals surface area contributed by atoms with Crippen molar-refractivity contribution in [1.29, 1.82) is 0 Å². The highest BCUT2D eigenvalue weighted by Gasteiger charge is 2.39. The number of benzene rings is 2. The average Bonchev–Trinajstić information content (AvgIpc) is 3.27. The molecule has 1 amide bonds. The lowest BCUT2D eigenvalue weighted by atomic mass is 10.2. The standard InChI is InChI=1S/C21H24N2O6S/c24-14-18(22-30(27,28)17-10-5-2-6-11-17)20(25)23-13-7-12-19(23)21(26)29-15-16-8-3-1-4-9-16/h1-6,8-11,18-19,22,24H,7,12-15H2/t18-,19-/m0/s1. The molecule has 2 N–H and O–H groups in total. The van der Waals surface area contributed by atoms with Gasteiger partial charge in [-0.05, 0) is 30.5 Å². The van der Waals surface area contributed by atoms with Gasteiger partial charge in [0, 0.05) is 6.54 Å². The molecule has 0 radical (unpaired) electrons. The lowest BCUT2D eigenvalue weighted by Gasteiger charge is -2.27. The first-order valence-electron chi connectivity index (χ1n) is 9.61. The maximum Gasteiger partial charge on any atom is 0.329 e. The van der Waals surface area contributed by atoms with Gasteiger partial charge in [0.2, 0.25) is 15.9 Å². The number of likely N-dealkylation sites (tertiary alicyclic amines) is 1. The topological polar surface area (TPSA) is 113 Å². The highest BCUT2D eigenvalue weighted by Crippen LogP contribution is 2.21. The predicted molar refractivity (Wildman–Crippen MR) is 109 cm³/mol. The minimum absolute atomic E-state index is 0.0171. The summed E-state index contributed by atoms with van der Waals surface area (Å²) < 4.78 is 32.6. The van der Waals surface area contributed by atoms with Gasteiger partial charge in [0.15, 0.2) is 0 Å². The van der Waals surface area contributed by atoms with Crippen molar-refractivity contribution in [1.82, 2.24) is 9.62 Å². The largest absolute Gasteiger partial charge is 0.459 e. The van der Waals surface area contributed by atoms with Crippen LogP contribution in [0.4, 0.5) is 0 Å². The zero-order valence-corrected chi connectivity index (χ0v) is 17.1. The van der Waals surface area contributed by atoms with E-state index in [0.717, 1.165) is 5.56 Å². The van der Waals surface area contributed by atoms with E-state index in [1.165, 1.54) is 17.0 Å². The fourth-order valence-electron chi connectivity index (χ4n) is 3.32. The average molecular weight is 432 g/mol. The van der Waals surface area contributed by atoms with Gasteiger partial charge in [0.05, 0.1) is 11.5 Å². The van der Waals surface area contributed by atoms with Gasteiger partial charge in [0.25, 0.3) is 0 Å². The van der Waals surface area contributed by atoms with Crippen molar-refractivity contribution in [2.24, 2.45) is 0 Å². The number of carbonyl (C=O) groups is 2. The monoisotopic (exact) mass is 432 g/mol. The number of hydrogen-bond acceptors (Lipinski definition) is 6. The minimum atomic E-state index is -4.00. The van der Waals surface area contributed by atoms with Gasteiger partial charge in [-0.3, -0.25) is 4.79 Å². The van der Waals surface area contributed by atoms with E-state index < -0.39 is 40.6 Å². The second-order valence-electron chi connectivity index (χ2n) is 6.95. The van der Waals surface area contributed by atoms with Gasteiger partial charge in [-0.15, -0.1) is 0 Å². The molecule has 1 saturated heterocycles. The third kappa shape index (κ3) is 5.24. The van der Waals surface area contributed by atoms with Gasteiger partial charge < -0.3 is 14.7 Å². The number of aliphatic hydroxyl groups excluding tert-OH is 1. The van der Waals surface area contributed by atoms with E-state index in [2.05, 4.69) is 4.72 Å². The van der Waals surface area contributed by atoms with Crippen molar-refractivity contribution in [3.63, 3.8) is 0 Å². The van der Waals surface area contributed by atoms with Gasteiger partial charge in [-0.2, -0.15) is 4.72 Å². The molecule has 1 heterocycles. The molecule has 3 rings (SSSR count). The Bertz CT molecular complexity index is 966. The number of carbonyl (C=O) groups excluding carboxylic acids is 2. The molecule has 30 heavy (non-hydrogen) atoms. The summed E-state index contributed by atoms with van der Waals surface area (Å²) in [5.41, 5.74) is 0.825. The molecule has 160 valence electrons. The number of nitrogens with one attached hydrogen (secondary N) is 1. The quantitative estimate of drug-likeness (QED) is 0.603. The summed E-state index contributed by atoms with van der Waals surface area (Å²) in [5.74, 6) is -1.21. The molecular weight excluding hydrogens is 408 g/mol. The van der Waals surface area contributed by atoms with Crippen LogP contribution in [0.15, 0.2) is 65.6 Å². The zero-order valence-electron chi connectivity index (χ0n) is 16.3. The normalized spacial score (nSPS) is 17.5. The molecule has 0 aliphatic carbocycles. The van der Waals surface area contributed by atoms with Crippen LogP contribution >= 0.6 is 0 Å². The molecule has 0 unspecified atom stereocenters. The molecule has 0 bridgehead atoms. The fraction of sp³-hybridized carbons (Fsp3) is 0.333. The first-order valence-corrected chi connectivity index (χ1v) is 11.1. The summed E-state index contributed by atoms with van der Waals surface area (Å²) in [4.78, 5) is 26.7. The van der Waals surface area contributed by atoms with Crippen LogP contribution in [-0.2, 0) is 31.0 Å². The Hall–Kier alpha value is -2.75. The highest BCUT2D eigenvalue weighted by atomic mass is 32.2. The van der Waals surface area contributed by atoms with Gasteiger partial charge in [-0.25, -0.2) is 13.2 Å². The molecular formula is C21H24N2O6S. The Kier molecular flexibility index (Phi) is 7.20. The zero-order chi connectivity index (χ0) is 21.6. The molecule has 2 aromatic rings. The Balaban J connectivity index is 1.66. The van der Waals surface area contributed by atoms with Crippen LogP contribution in [0.2, 0.25) is 0 Å². The molecule has 8 nitrogen and oxygen atoms in total. The number of rotatable bonds is 8. The van der Waals surface area contributed by atoms with Gasteiger partial charge in [0.1, 0.15) is 18.7 Å². The van der Waals surface area contributed by atoms with Gasteiger partial charge in [-0.1, -0.05) is 48.5 Å². The number of sulfonamides is 1. The third-order valence-electron chi connectivity index (χ3n) is 4.86. The van der Waals surface area contributed by atoms with Crippen molar-refractivity contribution >= 4 is 21.9 Å². The smallest absolute Gasteiger partial charge is 0.329 e. The van der Waals surface area contributed by atoms with Crippen molar-refractivity contribution in [3.8, 4) is 0 Å². The molecule has 1 aliphatic heterocycles. The van der Waals surface area contributed by atoms with E-state index in [9.17, 15) is 23.1 Å². The maximum absolute atomic E-state index is 12.9. The number of nitrogens with zero attached hydrogens (tertiary/aromatic N) is 1. The summed E-state index contributed by atoms with van der Waals surface area (Å²) in [5, 5.41) is 9.65. The molecule has 9 heteroatoms. The molecule has 2 atom stereocenters. The van der Waals surface area contributed by atoms with E-state index in [1.807, 2.05) is 30.3 Å². The first kappa shape index (κ1) is 21.9. The molecule has 1 aliphatic rings. The number of ether oxygens (including phenoxy) is 1. The SMILES string of the molecule is O=C(OCc1ccccc1)[C@@H]1CCCN1C(=O)[C@H](CO)NS(=O)(=O)c1ccccc1. The molecule has 0 saturated carbocycles. The Morgan fingerprint density at radius 2 is 1.73 bits per heavy atom. The van der Waals surface area contributed by atoms with Crippen LogP contribution in [0.1, 0.15) is 18.4 Å². The van der Waals surface area contributed by atoms with Crippen LogP contribution in [0.25, 0.3) is 0 Å². The van der Waals surface area contributed by atoms with Crippen molar-refractivity contribution < 1.29 is 27.9 Å². The maximum atomic E-state index is 12.9. The van der Waals surface area contributed by atoms with Gasteiger partial charge >= 0.3 is 5.97 Å². The predicted octanol–water partition coefficient (Wildman–Crippen LogP) is 1.06. The van der Waals surface area contributed by atoms with E-state index in [0.29, 0.717) is 12.8 Å². The summed E-state index contributed by atoms with van der Waals surface area (Å²) in [6, 6.07) is 14.5. The second kappa shape index (κ2) is 9.84. The van der Waals surface area contributed by atoms with E-state index >= 15 is 0 Å². The fourth-order valence-corrected chi connectivity index (χ4v) is 4.52. The second-order valence-corrected chi connectivity index (χ2v) is 8.67. The number of hydrogen-bond donors (Lipinski definition) is 2. The first-order chi connectivity index (χ1) is 14.4. The van der Waals surface area contributed by atoms with E-state index in [4.69, 9.17) is 4.74 Å². The van der Waals surface area contributed by atoms with Crippen molar-refractivity contribution in [3.05, 3.63) is 66.2 Å². The van der Waals surface area contributed by atoms with E-state index in [1.54, 1.807) is 18.2 Å². The summed E-state index contributed by atoms with van der Waals surface area (Å²) in [6.45, 7) is -0.358. The Morgan fingerprint density at radius 1 is 1.10 bits per heavy atom.